The van der Waals surface area contributed by atoms with Crippen LogP contribution in [0.25, 0.3) is 10.9 Å². The molecule has 0 unspecified atom stereocenters. The highest BCUT2D eigenvalue weighted by Gasteiger charge is 2.56. The fourth-order valence-corrected chi connectivity index (χ4v) is 7.77. The Kier molecular flexibility index (Phi) is 7.96. The Balaban J connectivity index is 1.23. The zero-order chi connectivity index (χ0) is 30.5. The summed E-state index contributed by atoms with van der Waals surface area (Å²) in [6.45, 7) is 13.7. The Hall–Kier alpha value is -3.46. The average molecular weight is 589 g/mol. The lowest BCUT2D eigenvalue weighted by Crippen LogP contribution is -2.59. The number of fused-ring (bicyclic) bond motifs is 3. The molecule has 2 aromatic carbocycles. The van der Waals surface area contributed by atoms with E-state index in [1.807, 2.05) is 18.2 Å². The topological polar surface area (TPSA) is 83.8 Å². The van der Waals surface area contributed by atoms with Crippen LogP contribution >= 0.6 is 0 Å². The van der Waals surface area contributed by atoms with E-state index in [-0.39, 0.29) is 11.4 Å². The van der Waals surface area contributed by atoms with E-state index in [2.05, 4.69) is 55.1 Å². The van der Waals surface area contributed by atoms with E-state index < -0.39 is 0 Å². The molecule has 1 aromatic heterocycles. The van der Waals surface area contributed by atoms with Crippen molar-refractivity contribution >= 4 is 22.5 Å². The van der Waals surface area contributed by atoms with Gasteiger partial charge in [0.1, 0.15) is 11.6 Å². The van der Waals surface area contributed by atoms with Crippen molar-refractivity contribution in [1.29, 1.82) is 0 Å². The minimum absolute atomic E-state index is 0.137. The number of guanidine groups is 1. The first-order chi connectivity index (χ1) is 20.5. The average Bonchev–Trinajstić information content (AvgIpc) is 2.97. The third-order valence-corrected chi connectivity index (χ3v) is 10.4. The van der Waals surface area contributed by atoms with E-state index in [0.717, 1.165) is 43.0 Å². The molecule has 4 aliphatic rings. The van der Waals surface area contributed by atoms with Crippen molar-refractivity contribution in [2.24, 2.45) is 28.2 Å². The highest BCUT2D eigenvalue weighted by molar-refractivity contribution is 5.96. The van der Waals surface area contributed by atoms with Crippen molar-refractivity contribution in [2.75, 3.05) is 25.5 Å². The molecule has 1 saturated heterocycles. The Morgan fingerprint density at radius 1 is 1.14 bits per heavy atom. The zero-order valence-corrected chi connectivity index (χ0v) is 26.2. The van der Waals surface area contributed by atoms with Crippen molar-refractivity contribution < 1.29 is 9.13 Å². The molecule has 3 aromatic rings. The van der Waals surface area contributed by atoms with Crippen LogP contribution in [-0.2, 0) is 13.0 Å². The van der Waals surface area contributed by atoms with Gasteiger partial charge < -0.3 is 20.3 Å². The minimum Gasteiger partial charge on any atom is -0.497 e. The van der Waals surface area contributed by atoms with Gasteiger partial charge in [0, 0.05) is 43.5 Å². The number of ether oxygens (including phenoxy) is 1. The SMILES string of the molecule is COc1ccc(CCn2cnc3cc(NC(=N[C@@H]4C[C@@H]5C[C@H]([C@@H]4C)C5(C)C)N4C[C@@H](C)N[C@H](C)C4)ccc3c2=O)c(F)c1. The number of rotatable bonds is 6. The third kappa shape index (κ3) is 5.76. The number of piperazine rings is 1. The Labute approximate surface area is 253 Å². The van der Waals surface area contributed by atoms with E-state index in [9.17, 15) is 9.18 Å². The number of halogens is 1. The third-order valence-electron chi connectivity index (χ3n) is 10.4. The van der Waals surface area contributed by atoms with Gasteiger partial charge in [-0.25, -0.2) is 14.4 Å². The molecular formula is C34H45FN6O2. The van der Waals surface area contributed by atoms with Crippen molar-refractivity contribution in [3.8, 4) is 5.75 Å². The molecule has 9 heteroatoms. The largest absolute Gasteiger partial charge is 0.497 e. The number of anilines is 1. The van der Waals surface area contributed by atoms with E-state index in [1.165, 1.54) is 19.6 Å². The fourth-order valence-electron chi connectivity index (χ4n) is 7.77. The second-order valence-corrected chi connectivity index (χ2v) is 13.7. The van der Waals surface area contributed by atoms with Crippen LogP contribution in [-0.4, -0.2) is 58.7 Å². The number of benzene rings is 2. The first kappa shape index (κ1) is 29.6. The van der Waals surface area contributed by atoms with Gasteiger partial charge in [0.2, 0.25) is 0 Å². The number of nitrogens with one attached hydrogen (secondary N) is 2. The fraction of sp³-hybridized carbons (Fsp3) is 0.559. The van der Waals surface area contributed by atoms with Gasteiger partial charge >= 0.3 is 0 Å². The van der Waals surface area contributed by atoms with Gasteiger partial charge in [0.15, 0.2) is 5.96 Å². The summed E-state index contributed by atoms with van der Waals surface area (Å²) in [6.07, 6.45) is 4.39. The molecule has 230 valence electrons. The number of methoxy groups -OCH3 is 1. The Morgan fingerprint density at radius 3 is 2.58 bits per heavy atom. The van der Waals surface area contributed by atoms with Crippen molar-refractivity contribution in [2.45, 2.75) is 78.6 Å². The summed E-state index contributed by atoms with van der Waals surface area (Å²) in [6, 6.07) is 11.5. The van der Waals surface area contributed by atoms with Crippen LogP contribution in [0.4, 0.5) is 10.1 Å². The van der Waals surface area contributed by atoms with Crippen LogP contribution in [0.2, 0.25) is 0 Å². The summed E-state index contributed by atoms with van der Waals surface area (Å²) < 4.78 is 21.1. The quantitative estimate of drug-likeness (QED) is 0.300. The van der Waals surface area contributed by atoms with Gasteiger partial charge in [-0.1, -0.05) is 26.8 Å². The van der Waals surface area contributed by atoms with Gasteiger partial charge in [0.25, 0.3) is 5.56 Å². The highest BCUT2D eigenvalue weighted by Crippen LogP contribution is 2.61. The molecule has 3 aliphatic carbocycles. The summed E-state index contributed by atoms with van der Waals surface area (Å²) in [4.78, 5) is 25.7. The molecule has 6 atom stereocenters. The summed E-state index contributed by atoms with van der Waals surface area (Å²) >= 11 is 0. The van der Waals surface area contributed by atoms with Crippen LogP contribution in [0.5, 0.6) is 5.75 Å². The smallest absolute Gasteiger partial charge is 0.261 e. The van der Waals surface area contributed by atoms with E-state index in [1.54, 1.807) is 23.0 Å². The van der Waals surface area contributed by atoms with Crippen molar-refractivity contribution in [3.05, 3.63) is 64.5 Å². The van der Waals surface area contributed by atoms with E-state index in [4.69, 9.17) is 9.73 Å². The summed E-state index contributed by atoms with van der Waals surface area (Å²) in [7, 11) is 1.51. The maximum absolute atomic E-state index is 14.4. The lowest BCUT2D eigenvalue weighted by atomic mass is 9.45. The number of hydrogen-bond donors (Lipinski definition) is 2. The number of aliphatic imine (C=N–C) groups is 1. The Bertz CT molecular complexity index is 1570. The second-order valence-electron chi connectivity index (χ2n) is 13.7. The lowest BCUT2D eigenvalue weighted by Gasteiger charge is -2.61. The molecule has 0 radical (unpaired) electrons. The predicted octanol–water partition coefficient (Wildman–Crippen LogP) is 5.31. The summed E-state index contributed by atoms with van der Waals surface area (Å²) in [5, 5.41) is 7.81. The second kappa shape index (κ2) is 11.6. The molecule has 2 N–H and O–H groups in total. The van der Waals surface area contributed by atoms with Gasteiger partial charge in [0.05, 0.1) is 30.4 Å². The van der Waals surface area contributed by atoms with Gasteiger partial charge in [-0.05, 0) is 86.1 Å². The number of aromatic nitrogens is 2. The van der Waals surface area contributed by atoms with Crippen LogP contribution < -0.4 is 20.9 Å². The summed E-state index contributed by atoms with van der Waals surface area (Å²) in [5.41, 5.74) is 2.30. The van der Waals surface area contributed by atoms with E-state index >= 15 is 0 Å². The standard InChI is InChI=1S/C34H45FN6O2/c1-20-17-41(18-21(2)37-20)33(39-30-14-24-13-28(22(30)3)34(24,4)5)38-25-8-10-27-31(15-25)36-19-40(32(27)42)12-11-23-7-9-26(43-6)16-29(23)35/h7-10,15-16,19-22,24,28,30,37H,11-14,17-18H2,1-6H3,(H,38,39)/t20-,21-,22+,24+,28-,30-/m1/s1. The van der Waals surface area contributed by atoms with Crippen LogP contribution in [0.1, 0.15) is 53.0 Å². The molecule has 4 fully saturated rings. The molecule has 7 rings (SSSR count). The normalized spacial score (nSPS) is 28.4. The van der Waals surface area contributed by atoms with Gasteiger partial charge in [-0.2, -0.15) is 0 Å². The lowest BCUT2D eigenvalue weighted by molar-refractivity contribution is -0.108. The number of aryl methyl sites for hydroxylation is 2. The van der Waals surface area contributed by atoms with Crippen LogP contribution in [0, 0.1) is 29.0 Å². The Morgan fingerprint density at radius 2 is 1.91 bits per heavy atom. The minimum atomic E-state index is -0.342. The van der Waals surface area contributed by atoms with Crippen molar-refractivity contribution in [1.82, 2.24) is 19.8 Å². The van der Waals surface area contributed by atoms with Crippen LogP contribution in [0.15, 0.2) is 52.5 Å². The molecule has 0 spiro atoms. The van der Waals surface area contributed by atoms with E-state index in [0.29, 0.717) is 64.6 Å². The molecule has 2 heterocycles. The molecule has 1 aliphatic heterocycles. The first-order valence-corrected chi connectivity index (χ1v) is 15.7. The maximum atomic E-state index is 14.4. The van der Waals surface area contributed by atoms with Crippen LogP contribution in [0.3, 0.4) is 0 Å². The molecule has 2 bridgehead atoms. The maximum Gasteiger partial charge on any atom is 0.261 e. The number of hydrogen-bond acceptors (Lipinski definition) is 5. The molecule has 43 heavy (non-hydrogen) atoms. The van der Waals surface area contributed by atoms with Crippen molar-refractivity contribution in [3.63, 3.8) is 0 Å². The predicted molar refractivity (Wildman–Crippen MR) is 170 cm³/mol. The van der Waals surface area contributed by atoms with Gasteiger partial charge in [-0.15, -0.1) is 0 Å². The number of nitrogens with zero attached hydrogens (tertiary/aromatic N) is 4. The zero-order valence-electron chi connectivity index (χ0n) is 26.2. The highest BCUT2D eigenvalue weighted by atomic mass is 19.1. The molecule has 0 amide bonds. The van der Waals surface area contributed by atoms with Gasteiger partial charge in [-0.3, -0.25) is 9.36 Å². The first-order valence-electron chi connectivity index (χ1n) is 15.7. The summed E-state index contributed by atoms with van der Waals surface area (Å²) in [5.74, 6) is 3.03. The monoisotopic (exact) mass is 588 g/mol. The molecular weight excluding hydrogens is 543 g/mol. The molecule has 3 saturated carbocycles. The molecule has 8 nitrogen and oxygen atoms in total.